The van der Waals surface area contributed by atoms with Gasteiger partial charge in [0.15, 0.2) is 6.33 Å². The molecule has 0 aliphatic carbocycles. The average Bonchev–Trinajstić information content (AvgIpc) is 2.95. The molecule has 1 aromatic rings. The van der Waals surface area contributed by atoms with E-state index in [0.29, 0.717) is 11.5 Å². The molecule has 3 heterocycles. The number of imidazole rings is 1. The summed E-state index contributed by atoms with van der Waals surface area (Å²) >= 11 is 0. The quantitative estimate of drug-likeness (QED) is 0.359. The molecule has 128 valence electrons. The second kappa shape index (κ2) is 5.14. The van der Waals surface area contributed by atoms with Gasteiger partial charge in [0.1, 0.15) is 18.3 Å². The van der Waals surface area contributed by atoms with E-state index in [9.17, 15) is 20.1 Å². The number of rotatable bonds is 2. The zero-order valence-electron chi connectivity index (χ0n) is 13.2. The second-order valence-corrected chi connectivity index (χ2v) is 6.20. The number of ether oxygens (including phenoxy) is 1. The Kier molecular flexibility index (Phi) is 3.61. The average molecular weight is 328 g/mol. The summed E-state index contributed by atoms with van der Waals surface area (Å²) in [6.07, 6.45) is -2.72. The fourth-order valence-corrected chi connectivity index (χ4v) is 3.06. The molecular weight excluding hydrogens is 306 g/mol. The molecule has 0 bridgehead atoms. The minimum Gasteiger partial charge on any atom is -0.394 e. The van der Waals surface area contributed by atoms with Crippen LogP contribution in [0.1, 0.15) is 23.6 Å². The number of aliphatic hydroxyl groups excluding tert-OH is 3. The number of hydrogen-bond acceptors (Lipinski definition) is 7. The topological polar surface area (TPSA) is 137 Å². The van der Waals surface area contributed by atoms with Crippen molar-refractivity contribution in [3.05, 3.63) is 12.0 Å². The Morgan fingerprint density at radius 1 is 1.43 bits per heavy atom. The molecule has 6 N–H and O–H groups in total. The molecule has 10 nitrogen and oxygen atoms in total. The number of aromatic nitrogens is 2. The van der Waals surface area contributed by atoms with Crippen molar-refractivity contribution in [1.82, 2.24) is 9.88 Å². The standard InChI is InChI=1S/C13H21N5O5/c1-13(14)15-10(22)7-11(17(13)3)18(5-16(7)2)12-9(21)8(20)6(4-19)23-12/h5-6,8-9,12,19-21H,4,14H2,1-3H3/p+1/t6-,8-,9-,12-,13?/m1/s1. The van der Waals surface area contributed by atoms with Crippen molar-refractivity contribution in [2.45, 2.75) is 37.3 Å². The molecule has 1 aromatic heterocycles. The third-order valence-corrected chi connectivity index (χ3v) is 4.49. The lowest BCUT2D eigenvalue weighted by Gasteiger charge is -2.36. The Morgan fingerprint density at radius 3 is 2.65 bits per heavy atom. The Bertz CT molecular complexity index is 645. The molecule has 1 unspecified atom stereocenters. The monoisotopic (exact) mass is 328 g/mol. The number of anilines is 1. The van der Waals surface area contributed by atoms with Crippen LogP contribution >= 0.6 is 0 Å². The SMILES string of the molecule is CN1c2c(n(C)c[n+]2[C@@H]2O[C@H](CO)[C@@H](O)[C@H]2O)C(=O)NC1(C)N. The smallest absolute Gasteiger partial charge is 0.294 e. The molecule has 2 aliphatic heterocycles. The second-order valence-electron chi connectivity index (χ2n) is 6.20. The molecule has 0 aromatic carbocycles. The lowest BCUT2D eigenvalue weighted by atomic mass is 10.1. The maximum Gasteiger partial charge on any atom is 0.294 e. The Morgan fingerprint density at radius 2 is 2.09 bits per heavy atom. The van der Waals surface area contributed by atoms with Gasteiger partial charge in [-0.15, -0.1) is 0 Å². The van der Waals surface area contributed by atoms with Crippen LogP contribution in [0.25, 0.3) is 0 Å². The van der Waals surface area contributed by atoms with Gasteiger partial charge >= 0.3 is 0 Å². The van der Waals surface area contributed by atoms with Crippen molar-refractivity contribution < 1.29 is 29.4 Å². The number of nitrogens with zero attached hydrogens (tertiary/aromatic N) is 3. The van der Waals surface area contributed by atoms with Crippen LogP contribution in [0.15, 0.2) is 6.33 Å². The molecule has 0 saturated carbocycles. The zero-order chi connectivity index (χ0) is 17.1. The molecule has 5 atom stereocenters. The molecule has 2 aliphatic rings. The van der Waals surface area contributed by atoms with Crippen LogP contribution in [0.3, 0.4) is 0 Å². The third-order valence-electron chi connectivity index (χ3n) is 4.49. The van der Waals surface area contributed by atoms with E-state index in [1.807, 2.05) is 0 Å². The predicted octanol–water partition coefficient (Wildman–Crippen LogP) is -3.26. The maximum atomic E-state index is 12.3. The highest BCUT2D eigenvalue weighted by molar-refractivity contribution is 5.99. The number of carbonyl (C=O) groups excluding carboxylic acids is 1. The fourth-order valence-electron chi connectivity index (χ4n) is 3.06. The van der Waals surface area contributed by atoms with Gasteiger partial charge in [-0.1, -0.05) is 0 Å². The fraction of sp³-hybridized carbons (Fsp3) is 0.692. The van der Waals surface area contributed by atoms with Crippen molar-refractivity contribution >= 4 is 11.7 Å². The summed E-state index contributed by atoms with van der Waals surface area (Å²) in [6, 6.07) is 0. The van der Waals surface area contributed by atoms with Gasteiger partial charge in [-0.2, -0.15) is 0 Å². The molecule has 0 spiro atoms. The lowest BCUT2D eigenvalue weighted by Crippen LogP contribution is -2.69. The third kappa shape index (κ3) is 2.22. The van der Waals surface area contributed by atoms with E-state index in [1.165, 1.54) is 0 Å². The highest BCUT2D eigenvalue weighted by atomic mass is 16.6. The summed E-state index contributed by atoms with van der Waals surface area (Å²) in [6.45, 7) is 1.22. The van der Waals surface area contributed by atoms with Gasteiger partial charge in [0.05, 0.1) is 20.7 Å². The van der Waals surface area contributed by atoms with Gasteiger partial charge in [-0.25, -0.2) is 4.57 Å². The Balaban J connectivity index is 2.10. The zero-order valence-corrected chi connectivity index (χ0v) is 13.2. The van der Waals surface area contributed by atoms with E-state index >= 15 is 0 Å². The Labute approximate surface area is 132 Å². The van der Waals surface area contributed by atoms with Crippen molar-refractivity contribution in [1.29, 1.82) is 0 Å². The molecule has 3 rings (SSSR count). The summed E-state index contributed by atoms with van der Waals surface area (Å²) in [5.74, 6) is -1.02. The van der Waals surface area contributed by atoms with Crippen molar-refractivity contribution in [2.24, 2.45) is 12.8 Å². The van der Waals surface area contributed by atoms with Crippen molar-refractivity contribution in [3.63, 3.8) is 0 Å². The number of amides is 1. The molecule has 0 radical (unpaired) electrons. The summed E-state index contributed by atoms with van der Waals surface area (Å²) in [5, 5.41) is 32.1. The largest absolute Gasteiger partial charge is 0.394 e. The van der Waals surface area contributed by atoms with Gasteiger partial charge in [-0.05, 0) is 0 Å². The molecule has 10 heteroatoms. The maximum absolute atomic E-state index is 12.3. The van der Waals surface area contributed by atoms with Crippen LogP contribution in [-0.4, -0.2) is 63.5 Å². The van der Waals surface area contributed by atoms with Crippen LogP contribution < -0.4 is 20.5 Å². The van der Waals surface area contributed by atoms with Gasteiger partial charge in [0, 0.05) is 6.92 Å². The first-order valence-corrected chi connectivity index (χ1v) is 7.27. The number of nitrogens with two attached hydrogens (primary N) is 1. The van der Waals surface area contributed by atoms with Crippen molar-refractivity contribution in [2.75, 3.05) is 18.6 Å². The van der Waals surface area contributed by atoms with Crippen molar-refractivity contribution in [3.8, 4) is 0 Å². The van der Waals surface area contributed by atoms with Gasteiger partial charge in [-0.3, -0.25) is 20.0 Å². The summed E-state index contributed by atoms with van der Waals surface area (Å²) in [7, 11) is 3.39. The van der Waals surface area contributed by atoms with Gasteiger partial charge in [0.25, 0.3) is 11.7 Å². The number of hydrogen-bond donors (Lipinski definition) is 5. The highest BCUT2D eigenvalue weighted by Crippen LogP contribution is 2.31. The number of aryl methyl sites for hydroxylation is 1. The van der Waals surface area contributed by atoms with E-state index < -0.39 is 36.9 Å². The van der Waals surface area contributed by atoms with Gasteiger partial charge in [0.2, 0.25) is 17.7 Å². The normalized spacial score (nSPS) is 37.0. The van der Waals surface area contributed by atoms with E-state index in [4.69, 9.17) is 10.5 Å². The molecule has 1 fully saturated rings. The summed E-state index contributed by atoms with van der Waals surface area (Å²) in [4.78, 5) is 14.0. The Hall–Kier alpha value is -1.72. The number of fused-ring (bicyclic) bond motifs is 1. The van der Waals surface area contributed by atoms with E-state index in [0.717, 1.165) is 0 Å². The van der Waals surface area contributed by atoms with Gasteiger partial charge < -0.3 is 25.4 Å². The lowest BCUT2D eigenvalue weighted by molar-refractivity contribution is -0.755. The number of carbonyl (C=O) groups is 1. The first kappa shape index (κ1) is 16.1. The minimum absolute atomic E-state index is 0.351. The van der Waals surface area contributed by atoms with Crippen LogP contribution in [0.2, 0.25) is 0 Å². The van der Waals surface area contributed by atoms with Crippen LogP contribution in [-0.2, 0) is 11.8 Å². The summed E-state index contributed by atoms with van der Waals surface area (Å²) < 4.78 is 8.69. The van der Waals surface area contributed by atoms with E-state index in [2.05, 4.69) is 5.32 Å². The molecule has 1 saturated heterocycles. The minimum atomic E-state index is -1.24. The molecule has 1 amide bonds. The van der Waals surface area contributed by atoms with E-state index in [-0.39, 0.29) is 5.91 Å². The first-order valence-electron chi connectivity index (χ1n) is 7.27. The number of nitrogens with one attached hydrogen (secondary N) is 1. The summed E-state index contributed by atoms with van der Waals surface area (Å²) in [5.41, 5.74) is 6.45. The highest BCUT2D eigenvalue weighted by Gasteiger charge is 2.51. The molecular formula is C13H22N5O5+. The van der Waals surface area contributed by atoms with Crippen LogP contribution in [0.5, 0.6) is 0 Å². The first-order chi connectivity index (χ1) is 10.7. The molecule has 23 heavy (non-hydrogen) atoms. The van der Waals surface area contributed by atoms with Crippen LogP contribution in [0, 0.1) is 0 Å². The van der Waals surface area contributed by atoms with Crippen LogP contribution in [0.4, 0.5) is 5.82 Å². The predicted molar refractivity (Wildman–Crippen MR) is 77.1 cm³/mol. The van der Waals surface area contributed by atoms with E-state index in [1.54, 1.807) is 41.4 Å². The number of aliphatic hydroxyl groups is 3.